The van der Waals surface area contributed by atoms with Crippen molar-refractivity contribution in [1.82, 2.24) is 34.7 Å². The zero-order valence-corrected chi connectivity index (χ0v) is 22.6. The fraction of sp³-hybridized carbons (Fsp3) is 0.538. The molecule has 2 N–H and O–H groups in total. The van der Waals surface area contributed by atoms with E-state index in [1.165, 1.54) is 31.8 Å². The number of aromatic nitrogens is 6. The van der Waals surface area contributed by atoms with Gasteiger partial charge in [-0.05, 0) is 62.6 Å². The van der Waals surface area contributed by atoms with Gasteiger partial charge in [0.2, 0.25) is 5.95 Å². The number of nitrogens with one attached hydrogen (secondary N) is 2. The maximum absolute atomic E-state index is 15.3. The van der Waals surface area contributed by atoms with Crippen LogP contribution in [0.1, 0.15) is 45.1 Å². The van der Waals surface area contributed by atoms with Crippen LogP contribution in [-0.2, 0) is 11.8 Å². The first-order valence-corrected chi connectivity index (χ1v) is 13.4. The third-order valence-corrected chi connectivity index (χ3v) is 7.85. The second-order valence-corrected chi connectivity index (χ2v) is 11.1. The van der Waals surface area contributed by atoms with E-state index in [-0.39, 0.29) is 40.8 Å². The van der Waals surface area contributed by atoms with Crippen LogP contribution in [0.4, 0.5) is 21.8 Å². The molecule has 3 aromatic rings. The number of nitrogens with zero attached hydrogens (tertiary/aromatic N) is 8. The molecule has 13 nitrogen and oxygen atoms in total. The molecule has 210 valence electrons. The van der Waals surface area contributed by atoms with Gasteiger partial charge in [0.1, 0.15) is 35.0 Å². The van der Waals surface area contributed by atoms with Gasteiger partial charge in [-0.15, -0.1) is 0 Å². The highest BCUT2D eigenvalue weighted by Crippen LogP contribution is 2.39. The number of hydrogen-bond donors (Lipinski definition) is 2. The third kappa shape index (κ3) is 4.86. The number of fused-ring (bicyclic) bond motifs is 1. The number of rotatable bonds is 7. The minimum Gasteiger partial charge on any atom is -0.483 e. The number of tetrazole rings is 1. The highest BCUT2D eigenvalue weighted by Gasteiger charge is 2.43. The van der Waals surface area contributed by atoms with Gasteiger partial charge < -0.3 is 20.1 Å². The molecular formula is C26H31FN10O3. The fourth-order valence-electron chi connectivity index (χ4n) is 5.89. The molecule has 3 aliphatic rings. The molecule has 0 bridgehead atoms. The molecule has 1 aromatic carbocycles. The molecule has 14 heteroatoms. The maximum Gasteiger partial charge on any atom is 0.368 e. The van der Waals surface area contributed by atoms with Gasteiger partial charge in [0, 0.05) is 30.7 Å². The number of anilines is 3. The molecule has 0 saturated carbocycles. The number of hydrogen-bond acceptors (Lipinski definition) is 11. The number of piperidine rings is 1. The Morgan fingerprint density at radius 1 is 1.27 bits per heavy atom. The molecular weight excluding hydrogens is 519 g/mol. The van der Waals surface area contributed by atoms with Crippen LogP contribution in [-0.4, -0.2) is 78.1 Å². The molecule has 2 aromatic heterocycles. The van der Waals surface area contributed by atoms with E-state index in [1.54, 1.807) is 0 Å². The minimum atomic E-state index is -0.645. The molecule has 2 unspecified atom stereocenters. The lowest BCUT2D eigenvalue weighted by atomic mass is 9.84. The average Bonchev–Trinajstić information content (AvgIpc) is 3.50. The second-order valence-electron chi connectivity index (χ2n) is 11.1. The van der Waals surface area contributed by atoms with Crippen molar-refractivity contribution in [3.05, 3.63) is 40.2 Å². The van der Waals surface area contributed by atoms with Gasteiger partial charge in [-0.25, -0.2) is 14.2 Å². The van der Waals surface area contributed by atoms with Gasteiger partial charge in [0.15, 0.2) is 5.82 Å². The zero-order chi connectivity index (χ0) is 28.0. The Balaban J connectivity index is 1.29. The quantitative estimate of drug-likeness (QED) is 0.446. The molecule has 40 heavy (non-hydrogen) atoms. The van der Waals surface area contributed by atoms with Crippen molar-refractivity contribution < 1.29 is 13.9 Å². The second kappa shape index (κ2) is 10.1. The number of aryl methyl sites for hydroxylation is 1. The Morgan fingerprint density at radius 2 is 2.10 bits per heavy atom. The smallest absolute Gasteiger partial charge is 0.368 e. The van der Waals surface area contributed by atoms with Crippen molar-refractivity contribution in [1.29, 1.82) is 5.26 Å². The van der Waals surface area contributed by atoms with E-state index in [2.05, 4.69) is 55.8 Å². The van der Waals surface area contributed by atoms with E-state index in [1.807, 2.05) is 0 Å². The molecule has 0 aliphatic carbocycles. The third-order valence-electron chi connectivity index (χ3n) is 7.85. The first-order valence-electron chi connectivity index (χ1n) is 13.4. The van der Waals surface area contributed by atoms with Crippen molar-refractivity contribution in [3.8, 4) is 17.5 Å². The first-order chi connectivity index (χ1) is 19.2. The van der Waals surface area contributed by atoms with E-state index in [0.717, 1.165) is 35.2 Å². The summed E-state index contributed by atoms with van der Waals surface area (Å²) in [4.78, 5) is 24.0. The van der Waals surface area contributed by atoms with Crippen LogP contribution in [0.2, 0.25) is 0 Å². The van der Waals surface area contributed by atoms with Crippen molar-refractivity contribution in [2.24, 2.45) is 7.05 Å². The summed E-state index contributed by atoms with van der Waals surface area (Å²) < 4.78 is 28.4. The summed E-state index contributed by atoms with van der Waals surface area (Å²) in [6, 6.07) is 5.35. The summed E-state index contributed by atoms with van der Waals surface area (Å²) >= 11 is 0. The van der Waals surface area contributed by atoms with Crippen LogP contribution in [0, 0.1) is 17.1 Å². The average molecular weight is 551 g/mol. The molecule has 2 atom stereocenters. The first kappa shape index (κ1) is 26.1. The van der Waals surface area contributed by atoms with Crippen molar-refractivity contribution in [2.45, 2.75) is 63.3 Å². The lowest BCUT2D eigenvalue weighted by Crippen LogP contribution is -2.55. The van der Waals surface area contributed by atoms with Crippen molar-refractivity contribution >= 4 is 17.5 Å². The lowest BCUT2D eigenvalue weighted by Gasteiger charge is -2.47. The number of nitriles is 1. The van der Waals surface area contributed by atoms with E-state index in [0.29, 0.717) is 30.6 Å². The Morgan fingerprint density at radius 3 is 2.80 bits per heavy atom. The molecule has 0 radical (unpaired) electrons. The Kier molecular flexibility index (Phi) is 6.63. The molecule has 3 fully saturated rings. The number of ether oxygens (including phenoxy) is 2. The summed E-state index contributed by atoms with van der Waals surface area (Å²) in [5.74, 6) is -0.0314. The zero-order valence-electron chi connectivity index (χ0n) is 22.6. The monoisotopic (exact) mass is 550 g/mol. The van der Waals surface area contributed by atoms with Crippen molar-refractivity contribution in [2.75, 3.05) is 30.4 Å². The molecule has 3 aliphatic heterocycles. The molecule has 0 amide bonds. The summed E-state index contributed by atoms with van der Waals surface area (Å²) in [5.41, 5.74) is 0.0126. The van der Waals surface area contributed by atoms with Gasteiger partial charge in [-0.2, -0.15) is 19.6 Å². The highest BCUT2D eigenvalue weighted by atomic mass is 19.1. The van der Waals surface area contributed by atoms with E-state index in [4.69, 9.17) is 9.47 Å². The predicted molar refractivity (Wildman–Crippen MR) is 142 cm³/mol. The van der Waals surface area contributed by atoms with Crippen LogP contribution in [0.3, 0.4) is 0 Å². The van der Waals surface area contributed by atoms with Gasteiger partial charge in [0.25, 0.3) is 0 Å². The normalized spacial score (nSPS) is 22.3. The SMILES string of the molecule is Cn1nnn(-c2cc(Nc3ncc(C#N)c(NC4CC5CCCN5C(C)(C)C4)n3)c(F)cc2OC2COC2)c1=O. The predicted octanol–water partition coefficient (Wildman–Crippen LogP) is 2.11. The summed E-state index contributed by atoms with van der Waals surface area (Å²) in [5, 5.41) is 23.7. The van der Waals surface area contributed by atoms with Crippen LogP contribution in [0.25, 0.3) is 5.69 Å². The standard InChI is InChI=1S/C26H31FN10O3/c1-26(2)10-16(7-17-5-4-6-36(17)26)30-23-15(11-28)12-29-24(32-23)31-20-9-21(37-25(38)35(3)33-34-37)22(8-19(20)27)40-18-13-39-14-18/h8-9,12,16-18H,4-7,10,13-14H2,1-3H3,(H2,29,30,31,32). The van der Waals surface area contributed by atoms with E-state index >= 15 is 4.39 Å². The van der Waals surface area contributed by atoms with Gasteiger partial charge in [-0.3, -0.25) is 4.90 Å². The van der Waals surface area contributed by atoms with Crippen LogP contribution in [0.5, 0.6) is 5.75 Å². The lowest BCUT2D eigenvalue weighted by molar-refractivity contribution is -0.0797. The summed E-state index contributed by atoms with van der Waals surface area (Å²) in [6.07, 6.45) is 5.36. The van der Waals surface area contributed by atoms with E-state index in [9.17, 15) is 10.1 Å². The Bertz CT molecular complexity index is 1530. The number of halogens is 1. The van der Waals surface area contributed by atoms with Crippen LogP contribution < -0.4 is 21.1 Å². The van der Waals surface area contributed by atoms with Crippen LogP contribution >= 0.6 is 0 Å². The molecule has 3 saturated heterocycles. The van der Waals surface area contributed by atoms with Crippen molar-refractivity contribution in [3.63, 3.8) is 0 Å². The Labute approximate surface area is 229 Å². The fourth-order valence-corrected chi connectivity index (χ4v) is 5.89. The molecule has 0 spiro atoms. The Hall–Kier alpha value is -4.09. The number of benzene rings is 1. The van der Waals surface area contributed by atoms with Crippen LogP contribution in [0.15, 0.2) is 23.1 Å². The summed E-state index contributed by atoms with van der Waals surface area (Å²) in [7, 11) is 1.46. The molecule has 5 heterocycles. The van der Waals surface area contributed by atoms with Gasteiger partial charge in [-0.1, -0.05) is 0 Å². The highest BCUT2D eigenvalue weighted by molar-refractivity contribution is 5.64. The minimum absolute atomic E-state index is 0.000757. The van der Waals surface area contributed by atoms with Gasteiger partial charge in [0.05, 0.1) is 25.1 Å². The van der Waals surface area contributed by atoms with Gasteiger partial charge >= 0.3 is 5.69 Å². The van der Waals surface area contributed by atoms with E-state index < -0.39 is 11.5 Å². The maximum atomic E-state index is 15.3. The summed E-state index contributed by atoms with van der Waals surface area (Å²) in [6.45, 7) is 6.35. The molecule has 6 rings (SSSR count). The largest absolute Gasteiger partial charge is 0.483 e. The topological polar surface area (TPSA) is 148 Å².